The molecule has 1 amide bonds. The Morgan fingerprint density at radius 1 is 1.12 bits per heavy atom. The molecule has 3 rings (SSSR count). The molecule has 2 saturated carbocycles. The molecule has 2 aliphatic carbocycles. The summed E-state index contributed by atoms with van der Waals surface area (Å²) < 4.78 is 0. The van der Waals surface area contributed by atoms with Crippen LogP contribution < -0.4 is 4.90 Å². The molecular weight excluding hydrogens is 422 g/mol. The first kappa shape index (κ1) is 26.4. The van der Waals surface area contributed by atoms with Crippen molar-refractivity contribution in [2.75, 3.05) is 4.90 Å². The second kappa shape index (κ2) is 11.9. The number of aliphatic hydroxyl groups is 1. The normalized spacial score (nSPS) is 25.6. The summed E-state index contributed by atoms with van der Waals surface area (Å²) >= 11 is 1.70. The van der Waals surface area contributed by atoms with Gasteiger partial charge in [-0.15, -0.1) is 11.3 Å². The van der Waals surface area contributed by atoms with Gasteiger partial charge < -0.3 is 15.1 Å². The van der Waals surface area contributed by atoms with E-state index in [0.29, 0.717) is 5.91 Å². The van der Waals surface area contributed by atoms with Crippen molar-refractivity contribution >= 4 is 29.4 Å². The molecule has 0 saturated heterocycles. The van der Waals surface area contributed by atoms with Crippen LogP contribution in [0.5, 0.6) is 0 Å². The number of carboxylic acid groups (broad SMARTS) is 1. The van der Waals surface area contributed by atoms with Crippen LogP contribution in [0, 0.1) is 36.0 Å². The van der Waals surface area contributed by atoms with Crippen molar-refractivity contribution in [1.82, 2.24) is 0 Å². The molecule has 0 aromatic carbocycles. The van der Waals surface area contributed by atoms with E-state index in [1.807, 2.05) is 0 Å². The molecule has 0 spiro atoms. The van der Waals surface area contributed by atoms with Gasteiger partial charge in [-0.25, -0.2) is 0 Å². The van der Waals surface area contributed by atoms with Crippen molar-refractivity contribution in [3.63, 3.8) is 0 Å². The molecular formula is C26H39NO4S. The van der Waals surface area contributed by atoms with E-state index in [1.165, 1.54) is 4.88 Å². The molecule has 6 heteroatoms. The van der Waals surface area contributed by atoms with Crippen molar-refractivity contribution in [2.45, 2.75) is 98.1 Å². The molecule has 2 aliphatic rings. The van der Waals surface area contributed by atoms with Crippen molar-refractivity contribution < 1.29 is 19.8 Å². The first-order valence-electron chi connectivity index (χ1n) is 11.8. The zero-order valence-electron chi connectivity index (χ0n) is 20.2. The number of amides is 1. The van der Waals surface area contributed by atoms with Crippen LogP contribution in [0.15, 0.2) is 6.07 Å². The minimum absolute atomic E-state index is 0.0358. The van der Waals surface area contributed by atoms with Crippen molar-refractivity contribution in [2.24, 2.45) is 17.3 Å². The van der Waals surface area contributed by atoms with E-state index in [1.54, 1.807) is 11.3 Å². The molecule has 2 fully saturated rings. The van der Waals surface area contributed by atoms with Crippen LogP contribution in [0.2, 0.25) is 0 Å². The fourth-order valence-electron chi connectivity index (χ4n) is 4.54. The fourth-order valence-corrected chi connectivity index (χ4v) is 5.40. The quantitative estimate of drug-likeness (QED) is 0.452. The number of nitrogens with zero attached hydrogens (tertiary/aromatic N) is 1. The molecule has 2 N–H and O–H groups in total. The predicted molar refractivity (Wildman–Crippen MR) is 131 cm³/mol. The van der Waals surface area contributed by atoms with E-state index < -0.39 is 0 Å². The Hall–Kier alpha value is -1.84. The maximum absolute atomic E-state index is 13.7. The second-order valence-electron chi connectivity index (χ2n) is 10.3. The SMILES string of the molecule is Cc1sc(C#CC(C)(C)C)cc1N(C(=O)C1CCC(C)CC1)C1CCC(O)CC1.O=CO. The summed E-state index contributed by atoms with van der Waals surface area (Å²) in [5.74, 6) is 7.83. The maximum Gasteiger partial charge on any atom is 0.290 e. The Labute approximate surface area is 197 Å². The molecule has 0 radical (unpaired) electrons. The zero-order chi connectivity index (χ0) is 23.9. The number of rotatable bonds is 3. The summed E-state index contributed by atoms with van der Waals surface area (Å²) in [5, 5.41) is 16.9. The van der Waals surface area contributed by atoms with Crippen LogP contribution in [0.1, 0.15) is 88.8 Å². The van der Waals surface area contributed by atoms with Gasteiger partial charge in [0.05, 0.1) is 16.7 Å². The number of carbonyl (C=O) groups is 2. The van der Waals surface area contributed by atoms with E-state index >= 15 is 0 Å². The summed E-state index contributed by atoms with van der Waals surface area (Å²) in [6, 6.07) is 2.33. The summed E-state index contributed by atoms with van der Waals surface area (Å²) in [6.45, 7) is 10.5. The molecule has 0 atom stereocenters. The maximum atomic E-state index is 13.7. The van der Waals surface area contributed by atoms with Crippen molar-refractivity contribution in [3.8, 4) is 11.8 Å². The molecule has 0 unspecified atom stereocenters. The average molecular weight is 462 g/mol. The van der Waals surface area contributed by atoms with Gasteiger partial charge in [-0.2, -0.15) is 0 Å². The molecule has 1 aromatic rings. The lowest BCUT2D eigenvalue weighted by molar-refractivity contribution is -0.124. The van der Waals surface area contributed by atoms with Gasteiger partial charge in [-0.3, -0.25) is 9.59 Å². The van der Waals surface area contributed by atoms with Gasteiger partial charge in [0.2, 0.25) is 5.91 Å². The zero-order valence-corrected chi connectivity index (χ0v) is 21.0. The summed E-state index contributed by atoms with van der Waals surface area (Å²) in [7, 11) is 0. The van der Waals surface area contributed by atoms with Crippen LogP contribution in [-0.4, -0.2) is 34.7 Å². The van der Waals surface area contributed by atoms with Gasteiger partial charge in [-0.05, 0) is 91.0 Å². The van der Waals surface area contributed by atoms with E-state index in [2.05, 4.69) is 57.4 Å². The number of hydrogen-bond donors (Lipinski definition) is 2. The molecule has 0 aliphatic heterocycles. The third-order valence-corrected chi connectivity index (χ3v) is 7.30. The van der Waals surface area contributed by atoms with E-state index in [-0.39, 0.29) is 30.0 Å². The Morgan fingerprint density at radius 2 is 1.69 bits per heavy atom. The first-order chi connectivity index (χ1) is 15.1. The molecule has 1 heterocycles. The Kier molecular flexibility index (Phi) is 9.79. The Bertz CT molecular complexity index is 813. The lowest BCUT2D eigenvalue weighted by Crippen LogP contribution is -2.46. The predicted octanol–water partition coefficient (Wildman–Crippen LogP) is 5.62. The Morgan fingerprint density at radius 3 is 2.22 bits per heavy atom. The van der Waals surface area contributed by atoms with Crippen LogP contribution in [0.3, 0.4) is 0 Å². The third-order valence-electron chi connectivity index (χ3n) is 6.35. The van der Waals surface area contributed by atoms with E-state index in [0.717, 1.165) is 67.8 Å². The highest BCUT2D eigenvalue weighted by atomic mass is 32.1. The van der Waals surface area contributed by atoms with Gasteiger partial charge >= 0.3 is 0 Å². The van der Waals surface area contributed by atoms with Gasteiger partial charge in [-0.1, -0.05) is 18.8 Å². The largest absolute Gasteiger partial charge is 0.483 e. The van der Waals surface area contributed by atoms with Crippen molar-refractivity contribution in [3.05, 3.63) is 15.8 Å². The third kappa shape index (κ3) is 7.64. The number of aliphatic hydroxyl groups excluding tert-OH is 1. The van der Waals surface area contributed by atoms with Gasteiger partial charge in [0.15, 0.2) is 0 Å². The standard InChI is InChI=1S/C25H37NO2S.CH2O2/c1-17-6-8-19(9-7-17)24(28)26(20-10-12-21(27)13-11-20)23-16-22(29-18(23)2)14-15-25(3,4)5;2-1-3/h16-17,19-21,27H,6-13H2,1-5H3;1H,(H,2,3). The van der Waals surface area contributed by atoms with Gasteiger partial charge in [0, 0.05) is 22.3 Å². The first-order valence-corrected chi connectivity index (χ1v) is 12.6. The van der Waals surface area contributed by atoms with Crippen LogP contribution >= 0.6 is 11.3 Å². The molecule has 178 valence electrons. The fraction of sp³-hybridized carbons (Fsp3) is 0.692. The topological polar surface area (TPSA) is 77.8 Å². The highest BCUT2D eigenvalue weighted by molar-refractivity contribution is 7.13. The molecule has 1 aromatic heterocycles. The lowest BCUT2D eigenvalue weighted by Gasteiger charge is -2.39. The number of hydrogen-bond acceptors (Lipinski definition) is 4. The lowest BCUT2D eigenvalue weighted by atomic mass is 9.81. The number of carbonyl (C=O) groups excluding carboxylic acids is 1. The summed E-state index contributed by atoms with van der Waals surface area (Å²) in [4.78, 5) is 26.4. The minimum atomic E-state index is -0.250. The molecule has 5 nitrogen and oxygen atoms in total. The van der Waals surface area contributed by atoms with Crippen LogP contribution in [0.4, 0.5) is 5.69 Å². The Balaban J connectivity index is 0.00000114. The van der Waals surface area contributed by atoms with Crippen molar-refractivity contribution in [1.29, 1.82) is 0 Å². The van der Waals surface area contributed by atoms with Crippen LogP contribution in [-0.2, 0) is 9.59 Å². The monoisotopic (exact) mass is 461 g/mol. The smallest absolute Gasteiger partial charge is 0.290 e. The van der Waals surface area contributed by atoms with Crippen LogP contribution in [0.25, 0.3) is 0 Å². The highest BCUT2D eigenvalue weighted by Crippen LogP contribution is 2.38. The van der Waals surface area contributed by atoms with E-state index in [9.17, 15) is 9.90 Å². The average Bonchev–Trinajstić information content (AvgIpc) is 3.09. The number of anilines is 1. The van der Waals surface area contributed by atoms with Gasteiger partial charge in [0.1, 0.15) is 0 Å². The molecule has 0 bridgehead atoms. The van der Waals surface area contributed by atoms with E-state index in [4.69, 9.17) is 9.90 Å². The minimum Gasteiger partial charge on any atom is -0.483 e. The summed E-state index contributed by atoms with van der Waals surface area (Å²) in [6.07, 6.45) is 7.44. The highest BCUT2D eigenvalue weighted by Gasteiger charge is 2.35. The summed E-state index contributed by atoms with van der Waals surface area (Å²) in [5.41, 5.74) is 1.02. The second-order valence-corrected chi connectivity index (χ2v) is 11.5. The molecule has 32 heavy (non-hydrogen) atoms. The number of thiophene rings is 1. The van der Waals surface area contributed by atoms with Gasteiger partial charge in [0.25, 0.3) is 6.47 Å². The number of aryl methyl sites for hydroxylation is 1.